The number of nitrogens with zero attached hydrogens (tertiary/aromatic N) is 1. The molecule has 1 aromatic rings. The predicted molar refractivity (Wildman–Crippen MR) is 73.0 cm³/mol. The fourth-order valence-electron chi connectivity index (χ4n) is 2.27. The Kier molecular flexibility index (Phi) is 5.16. The first-order valence-corrected chi connectivity index (χ1v) is 6.89. The molecule has 0 bridgehead atoms. The summed E-state index contributed by atoms with van der Waals surface area (Å²) >= 11 is 0. The summed E-state index contributed by atoms with van der Waals surface area (Å²) in [5.41, 5.74) is 0. The summed E-state index contributed by atoms with van der Waals surface area (Å²) in [6, 6.07) is 6.63. The third-order valence-electron chi connectivity index (χ3n) is 3.41. The normalized spacial score (nSPS) is 24.4. The van der Waals surface area contributed by atoms with Crippen LogP contribution in [0, 0.1) is 5.82 Å². The van der Waals surface area contributed by atoms with E-state index in [0.29, 0.717) is 18.8 Å². The second-order valence-electron chi connectivity index (χ2n) is 5.14. The molecule has 1 saturated heterocycles. The molecule has 0 unspecified atom stereocenters. The number of hydrogen-bond donors (Lipinski definition) is 0. The molecule has 0 saturated carbocycles. The van der Waals surface area contributed by atoms with Crippen LogP contribution in [0.1, 0.15) is 20.3 Å². The average molecular weight is 267 g/mol. The lowest BCUT2D eigenvalue weighted by Gasteiger charge is -2.36. The number of halogens is 1. The highest BCUT2D eigenvalue weighted by atomic mass is 19.1. The van der Waals surface area contributed by atoms with Crippen molar-refractivity contribution in [3.05, 3.63) is 30.1 Å². The molecule has 4 heteroatoms. The van der Waals surface area contributed by atoms with Crippen LogP contribution in [0.2, 0.25) is 0 Å². The van der Waals surface area contributed by atoms with E-state index in [4.69, 9.17) is 9.47 Å². The largest absolute Gasteiger partial charge is 0.494 e. The first-order valence-electron chi connectivity index (χ1n) is 6.89. The van der Waals surface area contributed by atoms with Crippen LogP contribution in [0.25, 0.3) is 0 Å². The van der Waals surface area contributed by atoms with Gasteiger partial charge in [0.1, 0.15) is 11.6 Å². The number of hydrogen-bond acceptors (Lipinski definition) is 3. The highest BCUT2D eigenvalue weighted by molar-refractivity contribution is 5.21. The van der Waals surface area contributed by atoms with Crippen LogP contribution < -0.4 is 4.74 Å². The van der Waals surface area contributed by atoms with Gasteiger partial charge in [-0.05, 0) is 44.5 Å². The topological polar surface area (TPSA) is 21.7 Å². The number of ether oxygens (including phenoxy) is 2. The van der Waals surface area contributed by atoms with Crippen molar-refractivity contribution in [1.29, 1.82) is 0 Å². The molecule has 0 aromatic heterocycles. The first kappa shape index (κ1) is 14.3. The Morgan fingerprint density at radius 1 is 1.32 bits per heavy atom. The van der Waals surface area contributed by atoms with Crippen molar-refractivity contribution in [2.45, 2.75) is 32.4 Å². The molecule has 0 amide bonds. The van der Waals surface area contributed by atoms with E-state index in [0.717, 1.165) is 31.9 Å². The van der Waals surface area contributed by atoms with Crippen molar-refractivity contribution in [2.75, 3.05) is 26.3 Å². The molecule has 2 atom stereocenters. The molecule has 0 spiro atoms. The first-order chi connectivity index (χ1) is 9.15. The summed E-state index contributed by atoms with van der Waals surface area (Å²) in [6.07, 6.45) is 1.28. The fourth-order valence-corrected chi connectivity index (χ4v) is 2.27. The standard InChI is InChI=1S/C15H22FNO2/c1-12-11-19-13(2)10-17(12)8-3-9-18-15-6-4-14(16)5-7-15/h4-7,12-13H,3,8-11H2,1-2H3/t12-,13+/m1/s1. The number of morpholine rings is 1. The smallest absolute Gasteiger partial charge is 0.123 e. The zero-order valence-corrected chi connectivity index (χ0v) is 11.6. The van der Waals surface area contributed by atoms with Crippen molar-refractivity contribution >= 4 is 0 Å². The van der Waals surface area contributed by atoms with E-state index >= 15 is 0 Å². The zero-order valence-electron chi connectivity index (χ0n) is 11.6. The van der Waals surface area contributed by atoms with Gasteiger partial charge in [0, 0.05) is 19.1 Å². The maximum atomic E-state index is 12.7. The van der Waals surface area contributed by atoms with E-state index < -0.39 is 0 Å². The van der Waals surface area contributed by atoms with Gasteiger partial charge in [0.2, 0.25) is 0 Å². The Morgan fingerprint density at radius 2 is 2.05 bits per heavy atom. The Balaban J connectivity index is 1.67. The number of rotatable bonds is 5. The van der Waals surface area contributed by atoms with E-state index in [1.807, 2.05) is 0 Å². The average Bonchev–Trinajstić information content (AvgIpc) is 2.40. The lowest BCUT2D eigenvalue weighted by atomic mass is 10.2. The minimum atomic E-state index is -0.233. The van der Waals surface area contributed by atoms with Gasteiger partial charge in [0.25, 0.3) is 0 Å². The van der Waals surface area contributed by atoms with Crippen molar-refractivity contribution in [1.82, 2.24) is 4.90 Å². The van der Waals surface area contributed by atoms with Gasteiger partial charge in [0.05, 0.1) is 19.3 Å². The Bertz CT molecular complexity index is 382. The van der Waals surface area contributed by atoms with Gasteiger partial charge in [0.15, 0.2) is 0 Å². The van der Waals surface area contributed by atoms with E-state index in [1.54, 1.807) is 12.1 Å². The van der Waals surface area contributed by atoms with Crippen LogP contribution in [0.3, 0.4) is 0 Å². The lowest BCUT2D eigenvalue weighted by molar-refractivity contribution is -0.0502. The van der Waals surface area contributed by atoms with Gasteiger partial charge in [-0.1, -0.05) is 0 Å². The summed E-state index contributed by atoms with van der Waals surface area (Å²) < 4.78 is 23.9. The second kappa shape index (κ2) is 6.87. The molecule has 3 nitrogen and oxygen atoms in total. The van der Waals surface area contributed by atoms with Gasteiger partial charge in [-0.15, -0.1) is 0 Å². The minimum absolute atomic E-state index is 0.233. The molecular weight excluding hydrogens is 245 g/mol. The molecule has 1 fully saturated rings. The molecule has 19 heavy (non-hydrogen) atoms. The molecular formula is C15H22FNO2. The predicted octanol–water partition coefficient (Wildman–Crippen LogP) is 2.70. The molecule has 2 rings (SSSR count). The zero-order chi connectivity index (χ0) is 13.7. The molecule has 0 radical (unpaired) electrons. The van der Waals surface area contributed by atoms with E-state index in [2.05, 4.69) is 18.7 Å². The van der Waals surface area contributed by atoms with E-state index in [1.165, 1.54) is 12.1 Å². The molecule has 1 heterocycles. The third kappa shape index (κ3) is 4.48. The van der Waals surface area contributed by atoms with Crippen LogP contribution in [0.4, 0.5) is 4.39 Å². The summed E-state index contributed by atoms with van der Waals surface area (Å²) in [6.45, 7) is 7.75. The van der Waals surface area contributed by atoms with E-state index in [9.17, 15) is 4.39 Å². The van der Waals surface area contributed by atoms with Crippen molar-refractivity contribution < 1.29 is 13.9 Å². The van der Waals surface area contributed by atoms with Crippen LogP contribution >= 0.6 is 0 Å². The van der Waals surface area contributed by atoms with Gasteiger partial charge in [-0.25, -0.2) is 4.39 Å². The summed E-state index contributed by atoms with van der Waals surface area (Å²) in [5.74, 6) is 0.494. The monoisotopic (exact) mass is 267 g/mol. The molecule has 0 N–H and O–H groups in total. The Morgan fingerprint density at radius 3 is 2.79 bits per heavy atom. The highest BCUT2D eigenvalue weighted by Gasteiger charge is 2.22. The Hall–Kier alpha value is -1.13. The summed E-state index contributed by atoms with van der Waals surface area (Å²) in [4.78, 5) is 2.43. The Labute approximate surface area is 114 Å². The van der Waals surface area contributed by atoms with Crippen molar-refractivity contribution in [3.63, 3.8) is 0 Å². The molecule has 0 aliphatic carbocycles. The number of benzene rings is 1. The van der Waals surface area contributed by atoms with Crippen molar-refractivity contribution in [3.8, 4) is 5.75 Å². The van der Waals surface area contributed by atoms with Crippen LogP contribution in [-0.2, 0) is 4.74 Å². The second-order valence-corrected chi connectivity index (χ2v) is 5.14. The third-order valence-corrected chi connectivity index (χ3v) is 3.41. The maximum absolute atomic E-state index is 12.7. The summed E-state index contributed by atoms with van der Waals surface area (Å²) in [5, 5.41) is 0. The SMILES string of the molecule is C[C@@H]1CO[C@@H](C)CN1CCCOc1ccc(F)cc1. The molecule has 1 aliphatic heterocycles. The maximum Gasteiger partial charge on any atom is 0.123 e. The van der Waals surface area contributed by atoms with Crippen LogP contribution in [-0.4, -0.2) is 43.3 Å². The van der Waals surface area contributed by atoms with Crippen molar-refractivity contribution in [2.24, 2.45) is 0 Å². The molecule has 1 aromatic carbocycles. The minimum Gasteiger partial charge on any atom is -0.494 e. The quantitative estimate of drug-likeness (QED) is 0.766. The summed E-state index contributed by atoms with van der Waals surface area (Å²) in [7, 11) is 0. The van der Waals surface area contributed by atoms with E-state index in [-0.39, 0.29) is 5.82 Å². The van der Waals surface area contributed by atoms with Gasteiger partial charge in [-0.3, -0.25) is 4.90 Å². The van der Waals surface area contributed by atoms with Gasteiger partial charge in [-0.2, -0.15) is 0 Å². The van der Waals surface area contributed by atoms with Gasteiger partial charge >= 0.3 is 0 Å². The van der Waals surface area contributed by atoms with Crippen LogP contribution in [0.5, 0.6) is 5.75 Å². The lowest BCUT2D eigenvalue weighted by Crippen LogP contribution is -2.47. The van der Waals surface area contributed by atoms with Crippen LogP contribution in [0.15, 0.2) is 24.3 Å². The highest BCUT2D eigenvalue weighted by Crippen LogP contribution is 2.13. The van der Waals surface area contributed by atoms with Gasteiger partial charge < -0.3 is 9.47 Å². The molecule has 1 aliphatic rings. The molecule has 106 valence electrons. The fraction of sp³-hybridized carbons (Fsp3) is 0.600.